The molecule has 1 heterocycles. The number of benzene rings is 3. The Morgan fingerprint density at radius 3 is 2.68 bits per heavy atom. The fraction of sp³-hybridized carbons (Fsp3) is 0.259. The molecule has 3 amide bonds. The van der Waals surface area contributed by atoms with Gasteiger partial charge in [-0.3, -0.25) is 4.79 Å². The first-order chi connectivity index (χ1) is 16.6. The predicted molar refractivity (Wildman–Crippen MR) is 130 cm³/mol. The minimum Gasteiger partial charge on any atom is -0.497 e. The van der Waals surface area contributed by atoms with Gasteiger partial charge in [-0.25, -0.2) is 4.79 Å². The first-order valence-electron chi connectivity index (χ1n) is 11.5. The number of amides is 3. The fourth-order valence-electron chi connectivity index (χ4n) is 4.75. The summed E-state index contributed by atoms with van der Waals surface area (Å²) < 4.78 is 11.0. The van der Waals surface area contributed by atoms with Crippen molar-refractivity contribution >= 4 is 23.3 Å². The average Bonchev–Trinajstić information content (AvgIpc) is 3.02. The van der Waals surface area contributed by atoms with Crippen LogP contribution in [0.3, 0.4) is 0 Å². The van der Waals surface area contributed by atoms with E-state index in [1.54, 1.807) is 25.3 Å². The number of nitrogens with one attached hydrogen (secondary N) is 2. The second-order valence-electron chi connectivity index (χ2n) is 8.55. The van der Waals surface area contributed by atoms with Crippen molar-refractivity contribution in [2.45, 2.75) is 31.8 Å². The summed E-state index contributed by atoms with van der Waals surface area (Å²) in [7, 11) is 1.58. The summed E-state index contributed by atoms with van der Waals surface area (Å²) in [4.78, 5) is 27.5. The van der Waals surface area contributed by atoms with Crippen molar-refractivity contribution in [1.29, 1.82) is 0 Å². The molecule has 0 saturated carbocycles. The highest BCUT2D eigenvalue weighted by molar-refractivity contribution is 6.00. The van der Waals surface area contributed by atoms with Crippen LogP contribution < -0.4 is 20.1 Å². The van der Waals surface area contributed by atoms with Gasteiger partial charge < -0.3 is 25.0 Å². The highest BCUT2D eigenvalue weighted by atomic mass is 16.5. The largest absolute Gasteiger partial charge is 0.497 e. The van der Waals surface area contributed by atoms with Crippen LogP contribution in [-0.2, 0) is 17.8 Å². The van der Waals surface area contributed by atoms with Crippen LogP contribution in [0.2, 0.25) is 0 Å². The molecule has 2 aliphatic rings. The number of methoxy groups -OCH3 is 1. The van der Waals surface area contributed by atoms with E-state index in [1.165, 1.54) is 11.1 Å². The average molecular weight is 458 g/mol. The molecule has 0 fully saturated rings. The second kappa shape index (κ2) is 9.47. The van der Waals surface area contributed by atoms with E-state index in [1.807, 2.05) is 35.2 Å². The maximum atomic E-state index is 13.0. The van der Waals surface area contributed by atoms with Gasteiger partial charge in [0, 0.05) is 23.0 Å². The van der Waals surface area contributed by atoms with Gasteiger partial charge in [-0.2, -0.15) is 0 Å². The summed E-state index contributed by atoms with van der Waals surface area (Å²) in [5.74, 6) is 1.30. The van der Waals surface area contributed by atoms with Crippen molar-refractivity contribution in [3.05, 3.63) is 83.4 Å². The van der Waals surface area contributed by atoms with Gasteiger partial charge in [0.25, 0.3) is 5.91 Å². The zero-order chi connectivity index (χ0) is 23.5. The van der Waals surface area contributed by atoms with Gasteiger partial charge in [-0.05, 0) is 60.7 Å². The van der Waals surface area contributed by atoms with Gasteiger partial charge in [0.2, 0.25) is 0 Å². The van der Waals surface area contributed by atoms with E-state index in [-0.39, 0.29) is 24.6 Å². The third-order valence-corrected chi connectivity index (χ3v) is 6.37. The summed E-state index contributed by atoms with van der Waals surface area (Å²) in [5, 5.41) is 5.68. The molecule has 1 unspecified atom stereocenters. The molecule has 0 spiro atoms. The van der Waals surface area contributed by atoms with Gasteiger partial charge in [0.1, 0.15) is 11.5 Å². The maximum absolute atomic E-state index is 13.0. The monoisotopic (exact) mass is 457 g/mol. The molecule has 0 bridgehead atoms. The van der Waals surface area contributed by atoms with Gasteiger partial charge >= 0.3 is 6.03 Å². The van der Waals surface area contributed by atoms with Crippen LogP contribution in [0.5, 0.6) is 11.5 Å². The molecule has 3 aromatic rings. The lowest BCUT2D eigenvalue weighted by Crippen LogP contribution is -2.37. The number of hydrogen-bond acceptors (Lipinski definition) is 4. The molecule has 174 valence electrons. The van der Waals surface area contributed by atoms with Crippen LogP contribution >= 0.6 is 0 Å². The number of hydrogen-bond donors (Lipinski definition) is 2. The Morgan fingerprint density at radius 1 is 1.00 bits per heavy atom. The molecule has 0 saturated heterocycles. The van der Waals surface area contributed by atoms with E-state index < -0.39 is 0 Å². The number of rotatable bonds is 4. The van der Waals surface area contributed by atoms with Crippen molar-refractivity contribution in [1.82, 2.24) is 4.90 Å². The smallest absolute Gasteiger partial charge is 0.323 e. The Kier molecular flexibility index (Phi) is 6.08. The molecule has 2 N–H and O–H groups in total. The summed E-state index contributed by atoms with van der Waals surface area (Å²) in [6.45, 7) is 0.439. The summed E-state index contributed by atoms with van der Waals surface area (Å²) in [6.07, 6.45) is 3.02. The van der Waals surface area contributed by atoms with Crippen molar-refractivity contribution in [2.75, 3.05) is 24.4 Å². The number of ether oxygens (including phenoxy) is 2. The number of nitrogens with zero attached hydrogens (tertiary/aromatic N) is 1. The number of anilines is 2. The van der Waals surface area contributed by atoms with Crippen molar-refractivity contribution in [2.24, 2.45) is 0 Å². The molecule has 34 heavy (non-hydrogen) atoms. The van der Waals surface area contributed by atoms with Gasteiger partial charge in [-0.15, -0.1) is 0 Å². The molecule has 1 atom stereocenters. The normalized spacial score (nSPS) is 17.0. The Balaban J connectivity index is 1.34. The summed E-state index contributed by atoms with van der Waals surface area (Å²) in [5.41, 5.74) is 4.65. The number of carbonyl (C=O) groups excluding carboxylic acids is 2. The third-order valence-electron chi connectivity index (χ3n) is 6.37. The fourth-order valence-corrected chi connectivity index (χ4v) is 4.75. The van der Waals surface area contributed by atoms with E-state index >= 15 is 0 Å². The Hall–Kier alpha value is -4.00. The summed E-state index contributed by atoms with van der Waals surface area (Å²) in [6, 6.07) is 20.6. The van der Waals surface area contributed by atoms with E-state index in [0.717, 1.165) is 24.8 Å². The SMILES string of the molecule is COc1cccc(NC(=O)Nc2ccc3c(c2)CN(C2CCCc4ccccc42)C(=O)CO3)c1. The van der Waals surface area contributed by atoms with Crippen LogP contribution in [0.15, 0.2) is 66.7 Å². The lowest BCUT2D eigenvalue weighted by Gasteiger charge is -2.35. The van der Waals surface area contributed by atoms with E-state index in [9.17, 15) is 9.59 Å². The molecular formula is C27H27N3O4. The van der Waals surface area contributed by atoms with Crippen LogP contribution in [0.1, 0.15) is 35.6 Å². The standard InChI is InChI=1S/C27H27N3O4/c1-33-22-9-5-8-20(15-22)28-27(32)29-21-12-13-25-19(14-21)16-30(26(31)17-34-25)24-11-4-7-18-6-2-3-10-23(18)24/h2-3,5-6,8-10,12-15,24H,4,7,11,16-17H2,1H3,(H2,28,29,32). The molecular weight excluding hydrogens is 430 g/mol. The van der Waals surface area contributed by atoms with E-state index in [0.29, 0.717) is 29.4 Å². The Bertz CT molecular complexity index is 1230. The van der Waals surface area contributed by atoms with Crippen LogP contribution in [0.4, 0.5) is 16.2 Å². The number of fused-ring (bicyclic) bond motifs is 2. The Morgan fingerprint density at radius 2 is 1.82 bits per heavy atom. The highest BCUT2D eigenvalue weighted by Gasteiger charge is 2.32. The minimum atomic E-state index is -0.364. The number of aryl methyl sites for hydroxylation is 1. The van der Waals surface area contributed by atoms with Gasteiger partial charge in [0.05, 0.1) is 19.7 Å². The second-order valence-corrected chi connectivity index (χ2v) is 8.55. The zero-order valence-electron chi connectivity index (χ0n) is 19.0. The lowest BCUT2D eigenvalue weighted by atomic mass is 9.86. The topological polar surface area (TPSA) is 79.9 Å². The van der Waals surface area contributed by atoms with Crippen LogP contribution in [0, 0.1) is 0 Å². The molecule has 0 radical (unpaired) electrons. The van der Waals surface area contributed by atoms with Crippen LogP contribution in [-0.4, -0.2) is 30.6 Å². The first-order valence-corrected chi connectivity index (χ1v) is 11.5. The maximum Gasteiger partial charge on any atom is 0.323 e. The third kappa shape index (κ3) is 4.55. The zero-order valence-corrected chi connectivity index (χ0v) is 19.0. The van der Waals surface area contributed by atoms with E-state index in [2.05, 4.69) is 28.8 Å². The van der Waals surface area contributed by atoms with Crippen molar-refractivity contribution < 1.29 is 19.1 Å². The molecule has 1 aliphatic carbocycles. The molecule has 5 rings (SSSR count). The number of carbonyl (C=O) groups is 2. The van der Waals surface area contributed by atoms with E-state index in [4.69, 9.17) is 9.47 Å². The lowest BCUT2D eigenvalue weighted by molar-refractivity contribution is -0.136. The van der Waals surface area contributed by atoms with Crippen molar-refractivity contribution in [3.8, 4) is 11.5 Å². The molecule has 1 aliphatic heterocycles. The molecule has 0 aromatic heterocycles. The first kappa shape index (κ1) is 21.8. The van der Waals surface area contributed by atoms with Crippen LogP contribution in [0.25, 0.3) is 0 Å². The van der Waals surface area contributed by atoms with Gasteiger partial charge in [0.15, 0.2) is 6.61 Å². The predicted octanol–water partition coefficient (Wildman–Crippen LogP) is 5.14. The van der Waals surface area contributed by atoms with Crippen molar-refractivity contribution in [3.63, 3.8) is 0 Å². The van der Waals surface area contributed by atoms with Gasteiger partial charge in [-0.1, -0.05) is 30.3 Å². The molecule has 3 aromatic carbocycles. The highest BCUT2D eigenvalue weighted by Crippen LogP contribution is 2.37. The molecule has 7 nitrogen and oxygen atoms in total. The molecule has 7 heteroatoms. The number of urea groups is 1. The minimum absolute atomic E-state index is 0.00870. The summed E-state index contributed by atoms with van der Waals surface area (Å²) >= 11 is 0. The Labute approximate surface area is 198 Å². The quantitative estimate of drug-likeness (QED) is 0.569.